The van der Waals surface area contributed by atoms with Crippen molar-refractivity contribution < 1.29 is 24.2 Å². The molecule has 2 N–H and O–H groups in total. The summed E-state index contributed by atoms with van der Waals surface area (Å²) in [6, 6.07) is 20.4. The van der Waals surface area contributed by atoms with Crippen molar-refractivity contribution in [2.24, 2.45) is 5.92 Å². The number of nitrogens with zero attached hydrogens (tertiary/aromatic N) is 1. The third kappa shape index (κ3) is 4.61. The first kappa shape index (κ1) is 28.8. The van der Waals surface area contributed by atoms with Crippen molar-refractivity contribution in [2.45, 2.75) is 88.1 Å². The van der Waals surface area contributed by atoms with Crippen LogP contribution < -0.4 is 14.8 Å². The number of hydrogen-bond donors (Lipinski definition) is 2. The molecule has 7 nitrogen and oxygen atoms in total. The van der Waals surface area contributed by atoms with Crippen LogP contribution in [-0.2, 0) is 23.1 Å². The van der Waals surface area contributed by atoms with Crippen LogP contribution in [-0.4, -0.2) is 65.2 Å². The third-order valence-corrected chi connectivity index (χ3v) is 11.0. The summed E-state index contributed by atoms with van der Waals surface area (Å²) in [4.78, 5) is 29.4. The minimum atomic E-state index is -1.03. The van der Waals surface area contributed by atoms with E-state index in [4.69, 9.17) is 9.47 Å². The molecule has 2 bridgehead atoms. The third-order valence-electron chi connectivity index (χ3n) is 11.0. The molecule has 3 aliphatic carbocycles. The van der Waals surface area contributed by atoms with Gasteiger partial charge in [0.15, 0.2) is 11.9 Å². The number of aliphatic hydroxyl groups is 1. The van der Waals surface area contributed by atoms with Crippen molar-refractivity contribution >= 4 is 11.7 Å². The summed E-state index contributed by atoms with van der Waals surface area (Å²) in [5, 5.41) is 15.6. The summed E-state index contributed by atoms with van der Waals surface area (Å²) in [5.74, 6) is 1.96. The zero-order valence-corrected chi connectivity index (χ0v) is 26.2. The number of likely N-dealkylation sites (tertiary alicyclic amines) is 1. The monoisotopic (exact) mass is 606 g/mol. The molecule has 5 aliphatic rings. The highest BCUT2D eigenvalue weighted by atomic mass is 16.5. The number of amides is 1. The van der Waals surface area contributed by atoms with E-state index in [0.29, 0.717) is 43.5 Å². The van der Waals surface area contributed by atoms with Crippen molar-refractivity contribution in [1.29, 1.82) is 0 Å². The molecule has 4 atom stereocenters. The lowest BCUT2D eigenvalue weighted by molar-refractivity contribution is -0.188. The molecule has 3 aromatic rings. The van der Waals surface area contributed by atoms with Crippen LogP contribution >= 0.6 is 0 Å². The van der Waals surface area contributed by atoms with Crippen LogP contribution in [0.1, 0.15) is 73.0 Å². The van der Waals surface area contributed by atoms with Crippen molar-refractivity contribution in [3.05, 3.63) is 82.9 Å². The normalized spacial score (nSPS) is 28.0. The molecule has 7 heteroatoms. The minimum Gasteiger partial charge on any atom is -0.491 e. The first-order valence-corrected chi connectivity index (χ1v) is 16.7. The smallest absolute Gasteiger partial charge is 0.255 e. The van der Waals surface area contributed by atoms with Crippen LogP contribution in [0.5, 0.6) is 11.5 Å². The lowest BCUT2D eigenvalue weighted by atomic mass is 9.49. The van der Waals surface area contributed by atoms with E-state index in [0.717, 1.165) is 59.0 Å². The van der Waals surface area contributed by atoms with Gasteiger partial charge in [-0.25, -0.2) is 0 Å². The molecule has 2 saturated carbocycles. The first-order valence-electron chi connectivity index (χ1n) is 16.7. The molecular formula is C38H42N2O5. The SMILES string of the molecule is CC(C)Oc1ccc(-c2ccc(CCNC(=O)c3ccc4c5c3OC3C(=O)CC[C@@]6(O)[C@@H](C4)N(CC4CC4)CC[C@]536)cc2)cc1. The highest BCUT2D eigenvalue weighted by molar-refractivity contribution is 5.99. The molecule has 2 heterocycles. The van der Waals surface area contributed by atoms with Crippen molar-refractivity contribution in [3.8, 4) is 22.6 Å². The fraction of sp³-hybridized carbons (Fsp3) is 0.474. The van der Waals surface area contributed by atoms with E-state index >= 15 is 0 Å². The Labute approximate surface area is 264 Å². The molecule has 45 heavy (non-hydrogen) atoms. The Balaban J connectivity index is 0.984. The molecular weight excluding hydrogens is 564 g/mol. The van der Waals surface area contributed by atoms with Crippen LogP contribution in [0.25, 0.3) is 11.1 Å². The standard InChI is InChI=1S/C38H42N2O5/c1-23(2)44-29-12-9-27(10-13-29)26-7-5-24(6-8-26)16-19-39-36(42)30-14-11-28-21-32-38(43)17-15-31(41)35-37(38,33(28)34(30)45-35)18-20-40(32)22-25-3-4-25/h5-14,23,25,32,35,43H,3-4,15-22H2,1-2H3,(H,39,42)/t32-,35?,37+,38-/m1/s1. The minimum absolute atomic E-state index is 0.0196. The Morgan fingerprint density at radius 1 is 1.04 bits per heavy atom. The summed E-state index contributed by atoms with van der Waals surface area (Å²) in [7, 11) is 0. The second-order valence-electron chi connectivity index (χ2n) is 14.1. The Hall–Kier alpha value is -3.68. The maximum absolute atomic E-state index is 13.6. The highest BCUT2D eigenvalue weighted by Crippen LogP contribution is 2.64. The number of piperidine rings is 1. The van der Waals surface area contributed by atoms with Crippen LogP contribution in [0, 0.1) is 5.92 Å². The quantitative estimate of drug-likeness (QED) is 0.346. The van der Waals surface area contributed by atoms with Gasteiger partial charge in [0, 0.05) is 31.1 Å². The molecule has 3 aromatic carbocycles. The Morgan fingerprint density at radius 3 is 2.49 bits per heavy atom. The summed E-state index contributed by atoms with van der Waals surface area (Å²) in [6.07, 6.45) is 4.84. The van der Waals surface area contributed by atoms with Gasteiger partial charge in [0.25, 0.3) is 5.91 Å². The number of carbonyl (C=O) groups excluding carboxylic acids is 2. The van der Waals surface area contributed by atoms with Crippen LogP contribution in [0.15, 0.2) is 60.7 Å². The van der Waals surface area contributed by atoms with E-state index < -0.39 is 17.1 Å². The van der Waals surface area contributed by atoms with Gasteiger partial charge in [-0.1, -0.05) is 42.5 Å². The molecule has 8 rings (SSSR count). The van der Waals surface area contributed by atoms with E-state index in [1.807, 2.05) is 38.1 Å². The Kier molecular flexibility index (Phi) is 6.84. The maximum Gasteiger partial charge on any atom is 0.255 e. The van der Waals surface area contributed by atoms with Crippen LogP contribution in [0.2, 0.25) is 0 Å². The van der Waals surface area contributed by atoms with Crippen molar-refractivity contribution in [1.82, 2.24) is 10.2 Å². The molecule has 3 fully saturated rings. The zero-order valence-electron chi connectivity index (χ0n) is 26.2. The lowest BCUT2D eigenvalue weighted by Gasteiger charge is -2.62. The van der Waals surface area contributed by atoms with Gasteiger partial charge in [-0.15, -0.1) is 0 Å². The average Bonchev–Trinajstić information content (AvgIpc) is 3.77. The number of nitrogens with one attached hydrogen (secondary N) is 1. The molecule has 0 aromatic heterocycles. The van der Waals surface area contributed by atoms with E-state index in [1.165, 1.54) is 12.8 Å². The molecule has 234 valence electrons. The van der Waals surface area contributed by atoms with Crippen molar-refractivity contribution in [2.75, 3.05) is 19.6 Å². The van der Waals surface area contributed by atoms with Gasteiger partial charge in [-0.2, -0.15) is 0 Å². The van der Waals surface area contributed by atoms with E-state index in [9.17, 15) is 14.7 Å². The van der Waals surface area contributed by atoms with Gasteiger partial charge in [0.2, 0.25) is 0 Å². The number of carbonyl (C=O) groups is 2. The van der Waals surface area contributed by atoms with Gasteiger partial charge in [-0.3, -0.25) is 14.5 Å². The van der Waals surface area contributed by atoms with Crippen molar-refractivity contribution in [3.63, 3.8) is 0 Å². The topological polar surface area (TPSA) is 88.1 Å². The van der Waals surface area contributed by atoms with E-state index in [2.05, 4.69) is 46.6 Å². The number of benzene rings is 3. The second kappa shape index (κ2) is 10.7. The predicted octanol–water partition coefficient (Wildman–Crippen LogP) is 5.25. The molecule has 2 aliphatic heterocycles. The zero-order chi connectivity index (χ0) is 30.9. The maximum atomic E-state index is 13.6. The second-order valence-corrected chi connectivity index (χ2v) is 14.1. The lowest BCUT2D eigenvalue weighted by Crippen LogP contribution is -2.76. The van der Waals surface area contributed by atoms with E-state index in [1.54, 1.807) is 0 Å². The number of ether oxygens (including phenoxy) is 2. The molecule has 0 radical (unpaired) electrons. The first-order chi connectivity index (χ1) is 21.8. The fourth-order valence-electron chi connectivity index (χ4n) is 8.73. The summed E-state index contributed by atoms with van der Waals surface area (Å²) >= 11 is 0. The fourth-order valence-corrected chi connectivity index (χ4v) is 8.73. The number of rotatable bonds is 9. The van der Waals surface area contributed by atoms with E-state index in [-0.39, 0.29) is 23.8 Å². The van der Waals surface area contributed by atoms with Crippen LogP contribution in [0.3, 0.4) is 0 Å². The van der Waals surface area contributed by atoms with Gasteiger partial charge >= 0.3 is 0 Å². The molecule has 1 unspecified atom stereocenters. The van der Waals surface area contributed by atoms with Crippen LogP contribution in [0.4, 0.5) is 0 Å². The summed E-state index contributed by atoms with van der Waals surface area (Å²) < 4.78 is 12.2. The number of ketones is 1. The Bertz CT molecular complexity index is 1650. The average molecular weight is 607 g/mol. The largest absolute Gasteiger partial charge is 0.491 e. The van der Waals surface area contributed by atoms with Gasteiger partial charge < -0.3 is 19.9 Å². The number of Topliss-reactive ketones (excluding diaryl/α,β-unsaturated/α-hetero) is 1. The van der Waals surface area contributed by atoms with Gasteiger partial charge in [0.1, 0.15) is 11.5 Å². The Morgan fingerprint density at radius 2 is 1.78 bits per heavy atom. The van der Waals surface area contributed by atoms with Gasteiger partial charge in [-0.05, 0) is 105 Å². The summed E-state index contributed by atoms with van der Waals surface area (Å²) in [5.41, 5.74) is 4.11. The predicted molar refractivity (Wildman–Crippen MR) is 172 cm³/mol. The molecule has 1 amide bonds. The number of hydrogen-bond acceptors (Lipinski definition) is 6. The van der Waals surface area contributed by atoms with Gasteiger partial charge in [0.05, 0.1) is 22.7 Å². The molecule has 1 saturated heterocycles. The highest BCUT2D eigenvalue weighted by Gasteiger charge is 2.73. The summed E-state index contributed by atoms with van der Waals surface area (Å²) in [6.45, 7) is 6.39. The molecule has 1 spiro atoms.